The molecule has 1 aliphatic rings. The molecule has 2 heterocycles. The number of carbonyl (C=O) groups excluding carboxylic acids is 1. The van der Waals surface area contributed by atoms with Crippen molar-refractivity contribution < 1.29 is 4.79 Å². The number of fused-ring (bicyclic) bond motifs is 3. The van der Waals surface area contributed by atoms with E-state index in [4.69, 9.17) is 4.98 Å². The molecule has 1 aromatic carbocycles. The van der Waals surface area contributed by atoms with Crippen molar-refractivity contribution in [1.82, 2.24) is 9.38 Å². The number of hydrogen-bond donors (Lipinski definition) is 0. The summed E-state index contributed by atoms with van der Waals surface area (Å²) >= 11 is 0. The van der Waals surface area contributed by atoms with E-state index in [2.05, 4.69) is 29.7 Å². The third-order valence-electron chi connectivity index (χ3n) is 4.94. The molecule has 0 radical (unpaired) electrons. The SMILES string of the molecule is Cc1ccc2nc3c(n2c1)CC(C(=O)N(C)c1ccccc1)CC3. The van der Waals surface area contributed by atoms with E-state index >= 15 is 0 Å². The number of anilines is 1. The van der Waals surface area contributed by atoms with E-state index in [9.17, 15) is 4.79 Å². The summed E-state index contributed by atoms with van der Waals surface area (Å²) in [6.07, 6.45) is 4.62. The maximum absolute atomic E-state index is 12.9. The molecule has 0 fully saturated rings. The standard InChI is InChI=1S/C20H21N3O/c1-14-8-11-19-21-17-10-9-15(12-18(17)23(19)13-14)20(24)22(2)16-6-4-3-5-7-16/h3-8,11,13,15H,9-10,12H2,1-2H3. The maximum Gasteiger partial charge on any atom is 0.230 e. The minimum Gasteiger partial charge on any atom is -0.315 e. The van der Waals surface area contributed by atoms with Gasteiger partial charge in [0.1, 0.15) is 5.65 Å². The fourth-order valence-corrected chi connectivity index (χ4v) is 3.57. The number of aryl methyl sites for hydroxylation is 2. The van der Waals surface area contributed by atoms with Crippen LogP contribution >= 0.6 is 0 Å². The Morgan fingerprint density at radius 3 is 2.79 bits per heavy atom. The number of para-hydroxylation sites is 1. The van der Waals surface area contributed by atoms with Crippen LogP contribution in [0.15, 0.2) is 48.7 Å². The van der Waals surface area contributed by atoms with E-state index in [-0.39, 0.29) is 11.8 Å². The summed E-state index contributed by atoms with van der Waals surface area (Å²) in [5.41, 5.74) is 5.47. The number of hydrogen-bond acceptors (Lipinski definition) is 2. The summed E-state index contributed by atoms with van der Waals surface area (Å²) in [5.74, 6) is 0.206. The number of amides is 1. The minimum absolute atomic E-state index is 0.0168. The van der Waals surface area contributed by atoms with Crippen molar-refractivity contribution in [3.63, 3.8) is 0 Å². The fraction of sp³-hybridized carbons (Fsp3) is 0.300. The first kappa shape index (κ1) is 14.9. The van der Waals surface area contributed by atoms with Crippen molar-refractivity contribution in [2.45, 2.75) is 26.2 Å². The molecule has 0 spiro atoms. The van der Waals surface area contributed by atoms with E-state index in [1.807, 2.05) is 37.4 Å². The van der Waals surface area contributed by atoms with Crippen molar-refractivity contribution in [3.8, 4) is 0 Å². The molecule has 122 valence electrons. The van der Waals surface area contributed by atoms with Gasteiger partial charge < -0.3 is 9.30 Å². The second-order valence-electron chi connectivity index (χ2n) is 6.61. The Kier molecular flexibility index (Phi) is 3.60. The van der Waals surface area contributed by atoms with Gasteiger partial charge in [-0.15, -0.1) is 0 Å². The van der Waals surface area contributed by atoms with Gasteiger partial charge in [0.2, 0.25) is 5.91 Å². The molecule has 1 unspecified atom stereocenters. The molecule has 1 atom stereocenters. The van der Waals surface area contributed by atoms with E-state index in [1.165, 1.54) is 11.3 Å². The highest BCUT2D eigenvalue weighted by Crippen LogP contribution is 2.28. The Balaban J connectivity index is 1.63. The molecule has 24 heavy (non-hydrogen) atoms. The lowest BCUT2D eigenvalue weighted by molar-refractivity contribution is -0.122. The molecule has 3 aromatic rings. The van der Waals surface area contributed by atoms with Crippen LogP contribution in [0.3, 0.4) is 0 Å². The van der Waals surface area contributed by atoms with E-state index in [0.717, 1.165) is 36.3 Å². The van der Waals surface area contributed by atoms with E-state index in [0.29, 0.717) is 0 Å². The second-order valence-corrected chi connectivity index (χ2v) is 6.61. The van der Waals surface area contributed by atoms with Gasteiger partial charge >= 0.3 is 0 Å². The number of pyridine rings is 1. The third-order valence-corrected chi connectivity index (χ3v) is 4.94. The van der Waals surface area contributed by atoms with E-state index in [1.54, 1.807) is 4.90 Å². The molecule has 4 heteroatoms. The largest absolute Gasteiger partial charge is 0.315 e. The van der Waals surface area contributed by atoms with Crippen LogP contribution in [-0.4, -0.2) is 22.3 Å². The lowest BCUT2D eigenvalue weighted by atomic mass is 9.88. The molecule has 4 nitrogen and oxygen atoms in total. The smallest absolute Gasteiger partial charge is 0.230 e. The van der Waals surface area contributed by atoms with Gasteiger partial charge in [-0.2, -0.15) is 0 Å². The Morgan fingerprint density at radius 1 is 1.21 bits per heavy atom. The average molecular weight is 319 g/mol. The zero-order chi connectivity index (χ0) is 16.7. The summed E-state index contributed by atoms with van der Waals surface area (Å²) in [7, 11) is 1.87. The Morgan fingerprint density at radius 2 is 2.00 bits per heavy atom. The maximum atomic E-state index is 12.9. The summed E-state index contributed by atoms with van der Waals surface area (Å²) in [4.78, 5) is 19.4. The van der Waals surface area contributed by atoms with Gasteiger partial charge in [0.15, 0.2) is 0 Å². The first-order valence-corrected chi connectivity index (χ1v) is 8.42. The van der Waals surface area contributed by atoms with Gasteiger partial charge in [-0.25, -0.2) is 4.98 Å². The Hall–Kier alpha value is -2.62. The zero-order valence-electron chi connectivity index (χ0n) is 14.1. The van der Waals surface area contributed by atoms with Crippen LogP contribution in [0.5, 0.6) is 0 Å². The van der Waals surface area contributed by atoms with E-state index < -0.39 is 0 Å². The summed E-state index contributed by atoms with van der Waals surface area (Å²) in [6, 6.07) is 14.0. The average Bonchev–Trinajstić information content (AvgIpc) is 2.98. The third kappa shape index (κ3) is 2.48. The number of benzene rings is 1. The van der Waals surface area contributed by atoms with Crippen molar-refractivity contribution in [3.05, 3.63) is 65.6 Å². The number of nitrogens with zero attached hydrogens (tertiary/aromatic N) is 3. The summed E-state index contributed by atoms with van der Waals surface area (Å²) in [5, 5.41) is 0. The van der Waals surface area contributed by atoms with Gasteiger partial charge in [0, 0.05) is 37.0 Å². The van der Waals surface area contributed by atoms with Crippen LogP contribution in [0.4, 0.5) is 5.69 Å². The normalized spacial score (nSPS) is 16.8. The molecule has 0 saturated heterocycles. The molecule has 4 rings (SSSR count). The molecular formula is C20H21N3O. The van der Waals surface area contributed by atoms with Crippen molar-refractivity contribution in [2.75, 3.05) is 11.9 Å². The zero-order valence-corrected chi connectivity index (χ0v) is 14.1. The molecule has 0 aliphatic heterocycles. The number of carbonyl (C=O) groups is 1. The summed E-state index contributed by atoms with van der Waals surface area (Å²) in [6.45, 7) is 2.08. The molecule has 1 amide bonds. The molecule has 0 bridgehead atoms. The first-order valence-electron chi connectivity index (χ1n) is 8.42. The van der Waals surface area contributed by atoms with Gasteiger partial charge in [0.25, 0.3) is 0 Å². The molecule has 0 saturated carbocycles. The van der Waals surface area contributed by atoms with Crippen LogP contribution in [0.25, 0.3) is 5.65 Å². The van der Waals surface area contributed by atoms with Crippen molar-refractivity contribution in [1.29, 1.82) is 0 Å². The van der Waals surface area contributed by atoms with Crippen molar-refractivity contribution in [2.24, 2.45) is 5.92 Å². The van der Waals surface area contributed by atoms with Gasteiger partial charge in [-0.3, -0.25) is 4.79 Å². The second kappa shape index (κ2) is 5.78. The van der Waals surface area contributed by atoms with Crippen LogP contribution in [0.2, 0.25) is 0 Å². The highest BCUT2D eigenvalue weighted by molar-refractivity contribution is 5.94. The Labute approximate surface area is 141 Å². The fourth-order valence-electron chi connectivity index (χ4n) is 3.57. The quantitative estimate of drug-likeness (QED) is 0.726. The lowest BCUT2D eigenvalue weighted by Gasteiger charge is -2.26. The predicted octanol–water partition coefficient (Wildman–Crippen LogP) is 3.41. The highest BCUT2D eigenvalue weighted by Gasteiger charge is 2.30. The molecule has 2 aromatic heterocycles. The van der Waals surface area contributed by atoms with Crippen LogP contribution in [0.1, 0.15) is 23.4 Å². The highest BCUT2D eigenvalue weighted by atomic mass is 16.2. The van der Waals surface area contributed by atoms with Crippen LogP contribution < -0.4 is 4.90 Å². The first-order chi connectivity index (χ1) is 11.6. The topological polar surface area (TPSA) is 37.6 Å². The van der Waals surface area contributed by atoms with Gasteiger partial charge in [-0.1, -0.05) is 24.3 Å². The van der Waals surface area contributed by atoms with Gasteiger partial charge in [-0.05, 0) is 43.5 Å². The minimum atomic E-state index is 0.0168. The van der Waals surface area contributed by atoms with Crippen molar-refractivity contribution >= 4 is 17.2 Å². The number of aromatic nitrogens is 2. The van der Waals surface area contributed by atoms with Crippen LogP contribution in [-0.2, 0) is 17.6 Å². The molecular weight excluding hydrogens is 298 g/mol. The Bertz CT molecular complexity index is 898. The van der Waals surface area contributed by atoms with Gasteiger partial charge in [0.05, 0.1) is 5.69 Å². The summed E-state index contributed by atoms with van der Waals surface area (Å²) < 4.78 is 2.16. The monoisotopic (exact) mass is 319 g/mol. The molecule has 1 aliphatic carbocycles. The number of rotatable bonds is 2. The lowest BCUT2D eigenvalue weighted by Crippen LogP contribution is -2.36. The molecule has 0 N–H and O–H groups in total. The predicted molar refractivity (Wildman–Crippen MR) is 95.3 cm³/mol. The number of imidazole rings is 1. The van der Waals surface area contributed by atoms with Crippen LogP contribution in [0, 0.1) is 12.8 Å².